The number of nitrogens with zero attached hydrogens (tertiary/aromatic N) is 6. The second kappa shape index (κ2) is 11.8. The smallest absolute Gasteiger partial charge is 0.113 e. The Labute approximate surface area is 207 Å². The van der Waals surface area contributed by atoms with Crippen molar-refractivity contribution in [2.45, 2.75) is 0 Å². The van der Waals surface area contributed by atoms with Crippen molar-refractivity contribution >= 4 is 0 Å². The topological polar surface area (TPSA) is 87.8 Å². The van der Waals surface area contributed by atoms with E-state index in [1.807, 2.05) is 30.3 Å². The SMILES string of the molecule is COc1ccnc(-c2[c-]cc(F)cc2F)c1.[Ir].c1ccc(-c2nc(-c3cccnc3)n[n-]2)nc1. The molecule has 0 aliphatic rings. The fraction of sp³-hybridized carbons (Fsp3) is 0.0417. The van der Waals surface area contributed by atoms with Crippen molar-refractivity contribution in [1.29, 1.82) is 0 Å². The van der Waals surface area contributed by atoms with Gasteiger partial charge in [0.25, 0.3) is 0 Å². The molecule has 0 aliphatic heterocycles. The molecule has 0 saturated carbocycles. The van der Waals surface area contributed by atoms with Crippen LogP contribution in [0.25, 0.3) is 34.2 Å². The third kappa shape index (κ3) is 6.12. The van der Waals surface area contributed by atoms with Crippen molar-refractivity contribution in [2.75, 3.05) is 7.11 Å². The Morgan fingerprint density at radius 2 is 1.79 bits per heavy atom. The Hall–Kier alpha value is -3.88. The maximum atomic E-state index is 13.4. The van der Waals surface area contributed by atoms with Crippen molar-refractivity contribution in [3.8, 4) is 39.9 Å². The van der Waals surface area contributed by atoms with Crippen molar-refractivity contribution in [2.24, 2.45) is 0 Å². The molecule has 10 heteroatoms. The summed E-state index contributed by atoms with van der Waals surface area (Å²) in [6, 6.07) is 16.9. The maximum Gasteiger partial charge on any atom is 0.113 e. The van der Waals surface area contributed by atoms with Crippen LogP contribution < -0.4 is 9.84 Å². The number of benzene rings is 1. The van der Waals surface area contributed by atoms with Crippen LogP contribution in [0.5, 0.6) is 5.75 Å². The summed E-state index contributed by atoms with van der Waals surface area (Å²) in [6.07, 6.45) is 6.61. The zero-order valence-corrected chi connectivity index (χ0v) is 20.1. The predicted octanol–water partition coefficient (Wildman–Crippen LogP) is 4.39. The first kappa shape index (κ1) is 24.8. The Balaban J connectivity index is 0.000000186. The third-order valence-corrected chi connectivity index (χ3v) is 4.35. The first-order valence-corrected chi connectivity index (χ1v) is 9.70. The summed E-state index contributed by atoms with van der Waals surface area (Å²) in [6.45, 7) is 0. The van der Waals surface area contributed by atoms with Crippen molar-refractivity contribution < 1.29 is 33.6 Å². The molecular weight excluding hydrogens is 619 g/mol. The van der Waals surface area contributed by atoms with E-state index < -0.39 is 11.6 Å². The number of ether oxygens (including phenoxy) is 1. The summed E-state index contributed by atoms with van der Waals surface area (Å²) in [5, 5.41) is 8.03. The van der Waals surface area contributed by atoms with E-state index in [1.54, 1.807) is 30.7 Å². The molecule has 34 heavy (non-hydrogen) atoms. The van der Waals surface area contributed by atoms with Gasteiger partial charge in [-0.3, -0.25) is 23.8 Å². The molecule has 0 spiro atoms. The van der Waals surface area contributed by atoms with Crippen LogP contribution in [0, 0.1) is 17.7 Å². The minimum atomic E-state index is -0.694. The van der Waals surface area contributed by atoms with Gasteiger partial charge in [-0.1, -0.05) is 23.8 Å². The van der Waals surface area contributed by atoms with E-state index in [2.05, 4.69) is 36.2 Å². The summed E-state index contributed by atoms with van der Waals surface area (Å²) in [7, 11) is 1.50. The molecular formula is C24H16F2IrN6O-2. The van der Waals surface area contributed by atoms with Crippen LogP contribution in [0.1, 0.15) is 0 Å². The fourth-order valence-electron chi connectivity index (χ4n) is 2.78. The first-order valence-electron chi connectivity index (χ1n) is 9.70. The Morgan fingerprint density at radius 3 is 2.50 bits per heavy atom. The number of methoxy groups -OCH3 is 1. The summed E-state index contributed by atoms with van der Waals surface area (Å²) in [4.78, 5) is 16.5. The molecule has 4 aromatic heterocycles. The Bertz CT molecular complexity index is 1280. The molecule has 1 aromatic carbocycles. The fourth-order valence-corrected chi connectivity index (χ4v) is 2.78. The van der Waals surface area contributed by atoms with E-state index in [-0.39, 0.29) is 25.7 Å². The average molecular weight is 635 g/mol. The second-order valence-electron chi connectivity index (χ2n) is 6.54. The Morgan fingerprint density at radius 1 is 0.941 bits per heavy atom. The summed E-state index contributed by atoms with van der Waals surface area (Å²) in [5.74, 6) is 0.301. The van der Waals surface area contributed by atoms with E-state index >= 15 is 0 Å². The van der Waals surface area contributed by atoms with Crippen LogP contribution >= 0.6 is 0 Å². The minimum absolute atomic E-state index is 0. The van der Waals surface area contributed by atoms with Crippen LogP contribution in [-0.4, -0.2) is 32.1 Å². The molecule has 0 atom stereocenters. The largest absolute Gasteiger partial charge is 0.497 e. The first-order chi connectivity index (χ1) is 16.1. The molecule has 0 bridgehead atoms. The molecule has 0 fully saturated rings. The van der Waals surface area contributed by atoms with Crippen LogP contribution in [-0.2, 0) is 20.1 Å². The van der Waals surface area contributed by atoms with E-state index in [9.17, 15) is 8.78 Å². The molecule has 0 unspecified atom stereocenters. The summed E-state index contributed by atoms with van der Waals surface area (Å²) < 4.78 is 31.1. The van der Waals surface area contributed by atoms with E-state index in [0.717, 1.165) is 23.4 Å². The van der Waals surface area contributed by atoms with Gasteiger partial charge in [-0.25, -0.2) is 0 Å². The normalized spacial score (nSPS) is 9.97. The molecule has 0 amide bonds. The summed E-state index contributed by atoms with van der Waals surface area (Å²) in [5.41, 5.74) is 2.05. The van der Waals surface area contributed by atoms with Gasteiger partial charge in [0.15, 0.2) is 0 Å². The van der Waals surface area contributed by atoms with Crippen molar-refractivity contribution in [3.05, 3.63) is 97.1 Å². The number of pyridine rings is 3. The van der Waals surface area contributed by atoms with Gasteiger partial charge < -0.3 is 19.8 Å². The molecule has 173 valence electrons. The Kier molecular flexibility index (Phi) is 8.61. The van der Waals surface area contributed by atoms with Crippen LogP contribution in [0.3, 0.4) is 0 Å². The monoisotopic (exact) mass is 635 g/mol. The average Bonchev–Trinajstić information content (AvgIpc) is 3.36. The van der Waals surface area contributed by atoms with E-state index in [1.165, 1.54) is 13.3 Å². The second-order valence-corrected chi connectivity index (χ2v) is 6.54. The van der Waals surface area contributed by atoms with Crippen molar-refractivity contribution in [1.82, 2.24) is 30.1 Å². The van der Waals surface area contributed by atoms with Gasteiger partial charge in [-0.2, -0.15) is 0 Å². The third-order valence-electron chi connectivity index (χ3n) is 4.35. The van der Waals surface area contributed by atoms with E-state index in [0.29, 0.717) is 23.1 Å². The summed E-state index contributed by atoms with van der Waals surface area (Å²) >= 11 is 0. The number of hydrogen-bond donors (Lipinski definition) is 0. The standard InChI is InChI=1S/C12H8F2NO.C12H8N5.Ir/c1-16-9-4-5-15-12(7-9)10-3-2-8(13)6-11(10)14;1-2-7-14-10(5-1)12-15-11(16-17-12)9-4-3-6-13-8-9;/h2,4-7H,1H3;1-8H;/q2*-1;. The molecule has 4 heterocycles. The van der Waals surface area contributed by atoms with Crippen LogP contribution in [0.15, 0.2) is 79.4 Å². The number of rotatable bonds is 4. The van der Waals surface area contributed by atoms with Crippen LogP contribution in [0.2, 0.25) is 0 Å². The number of hydrogen-bond acceptors (Lipinski definition) is 6. The van der Waals surface area contributed by atoms with Gasteiger partial charge in [0.1, 0.15) is 5.75 Å². The maximum absolute atomic E-state index is 13.4. The molecule has 0 aliphatic carbocycles. The van der Waals surface area contributed by atoms with Gasteiger partial charge in [0.05, 0.1) is 18.6 Å². The van der Waals surface area contributed by atoms with Gasteiger partial charge in [-0.15, -0.1) is 12.1 Å². The van der Waals surface area contributed by atoms with E-state index in [4.69, 9.17) is 4.74 Å². The predicted molar refractivity (Wildman–Crippen MR) is 117 cm³/mol. The van der Waals surface area contributed by atoms with Gasteiger partial charge in [-0.05, 0) is 41.9 Å². The molecule has 0 saturated heterocycles. The van der Waals surface area contributed by atoms with Gasteiger partial charge in [0.2, 0.25) is 0 Å². The molecule has 1 radical (unpaired) electrons. The quantitative estimate of drug-likeness (QED) is 0.271. The molecule has 5 aromatic rings. The number of aromatic nitrogens is 6. The van der Waals surface area contributed by atoms with Crippen molar-refractivity contribution in [3.63, 3.8) is 0 Å². The molecule has 5 rings (SSSR count). The van der Waals surface area contributed by atoms with Gasteiger partial charge >= 0.3 is 0 Å². The van der Waals surface area contributed by atoms with Gasteiger partial charge in [0, 0.05) is 62.1 Å². The van der Waals surface area contributed by atoms with Crippen LogP contribution in [0.4, 0.5) is 8.78 Å². The molecule has 0 N–H and O–H groups in total. The number of halogens is 2. The molecule has 7 nitrogen and oxygen atoms in total. The zero-order valence-electron chi connectivity index (χ0n) is 17.7. The minimum Gasteiger partial charge on any atom is -0.497 e. The zero-order chi connectivity index (χ0) is 23.0.